The maximum absolute atomic E-state index is 12.9. The number of carbonyl (C=O) groups excluding carboxylic acids is 1. The molecule has 3 aromatic rings. The van der Waals surface area contributed by atoms with Gasteiger partial charge in [-0.1, -0.05) is 52.3 Å². The number of ketones is 1. The minimum absolute atomic E-state index is 0.0329. The molecule has 0 aliphatic rings. The van der Waals surface area contributed by atoms with Crippen LogP contribution >= 0.6 is 31.9 Å². The first-order chi connectivity index (χ1) is 10.1. The van der Waals surface area contributed by atoms with Crippen LogP contribution in [0.25, 0.3) is 10.8 Å². The molecule has 0 bridgehead atoms. The van der Waals surface area contributed by atoms with Crippen molar-refractivity contribution in [2.24, 2.45) is 0 Å². The minimum atomic E-state index is 0.0329. The smallest absolute Gasteiger partial charge is 0.194 e. The zero-order valence-corrected chi connectivity index (χ0v) is 14.5. The quantitative estimate of drug-likeness (QED) is 0.486. The average Bonchev–Trinajstić information content (AvgIpc) is 2.47. The van der Waals surface area contributed by atoms with Crippen molar-refractivity contribution in [1.29, 1.82) is 0 Å². The molecule has 3 aromatic carbocycles. The fourth-order valence-corrected chi connectivity index (χ4v) is 3.69. The molecule has 0 amide bonds. The summed E-state index contributed by atoms with van der Waals surface area (Å²) in [6.45, 7) is 2.06. The highest BCUT2D eigenvalue weighted by molar-refractivity contribution is 9.11. The summed E-state index contributed by atoms with van der Waals surface area (Å²) in [5.74, 6) is 0.0329. The van der Waals surface area contributed by atoms with E-state index < -0.39 is 0 Å². The lowest BCUT2D eigenvalue weighted by atomic mass is 9.95. The lowest BCUT2D eigenvalue weighted by Crippen LogP contribution is -2.03. The van der Waals surface area contributed by atoms with E-state index in [2.05, 4.69) is 44.8 Å². The van der Waals surface area contributed by atoms with E-state index in [0.717, 1.165) is 25.3 Å². The second-order valence-corrected chi connectivity index (χ2v) is 6.70. The van der Waals surface area contributed by atoms with Crippen molar-refractivity contribution in [3.63, 3.8) is 0 Å². The van der Waals surface area contributed by atoms with Crippen molar-refractivity contribution in [3.8, 4) is 0 Å². The second-order valence-electron chi connectivity index (χ2n) is 4.93. The third-order valence-electron chi connectivity index (χ3n) is 3.56. The van der Waals surface area contributed by atoms with Gasteiger partial charge in [-0.2, -0.15) is 0 Å². The van der Waals surface area contributed by atoms with Crippen LogP contribution in [0, 0.1) is 6.92 Å². The highest BCUT2D eigenvalue weighted by Crippen LogP contribution is 2.28. The Hall–Kier alpha value is -1.45. The predicted molar refractivity (Wildman–Crippen MR) is 94.0 cm³/mol. The van der Waals surface area contributed by atoms with Gasteiger partial charge in [-0.05, 0) is 57.4 Å². The van der Waals surface area contributed by atoms with Gasteiger partial charge in [-0.25, -0.2) is 0 Å². The largest absolute Gasteiger partial charge is 0.289 e. The lowest BCUT2D eigenvalue weighted by Gasteiger charge is -2.09. The van der Waals surface area contributed by atoms with Crippen molar-refractivity contribution in [3.05, 3.63) is 80.2 Å². The first kappa shape index (κ1) is 14.5. The molecule has 0 aromatic heterocycles. The maximum atomic E-state index is 12.9. The zero-order valence-electron chi connectivity index (χ0n) is 11.4. The Morgan fingerprint density at radius 1 is 0.857 bits per heavy atom. The Bertz CT molecular complexity index is 853. The highest BCUT2D eigenvalue weighted by Gasteiger charge is 2.16. The summed E-state index contributed by atoms with van der Waals surface area (Å²) in [6, 6.07) is 17.6. The number of halogens is 2. The van der Waals surface area contributed by atoms with Crippen molar-refractivity contribution >= 4 is 48.4 Å². The van der Waals surface area contributed by atoms with E-state index in [9.17, 15) is 4.79 Å². The van der Waals surface area contributed by atoms with E-state index in [1.165, 1.54) is 5.56 Å². The summed E-state index contributed by atoms with van der Waals surface area (Å²) < 4.78 is 1.74. The van der Waals surface area contributed by atoms with Gasteiger partial charge >= 0.3 is 0 Å². The molecule has 0 N–H and O–H groups in total. The minimum Gasteiger partial charge on any atom is -0.289 e. The summed E-state index contributed by atoms with van der Waals surface area (Å²) in [5.41, 5.74) is 2.59. The standard InChI is InChI=1S/C18H12Br2O/c1-11-6-8-15(14-5-3-2-4-13(11)14)18(21)16-9-7-12(19)10-17(16)20/h2-10H,1H3. The van der Waals surface area contributed by atoms with E-state index in [0.29, 0.717) is 5.56 Å². The Balaban J connectivity index is 2.21. The number of hydrogen-bond acceptors (Lipinski definition) is 1. The van der Waals surface area contributed by atoms with E-state index in [1.807, 2.05) is 48.5 Å². The van der Waals surface area contributed by atoms with Gasteiger partial charge in [0.25, 0.3) is 0 Å². The van der Waals surface area contributed by atoms with Gasteiger partial charge in [0.05, 0.1) is 0 Å². The summed E-state index contributed by atoms with van der Waals surface area (Å²) in [6.07, 6.45) is 0. The van der Waals surface area contributed by atoms with E-state index >= 15 is 0 Å². The first-order valence-electron chi connectivity index (χ1n) is 6.56. The third-order valence-corrected chi connectivity index (χ3v) is 4.71. The van der Waals surface area contributed by atoms with Crippen molar-refractivity contribution < 1.29 is 4.79 Å². The normalized spacial score (nSPS) is 10.8. The van der Waals surface area contributed by atoms with Crippen molar-refractivity contribution in [1.82, 2.24) is 0 Å². The number of rotatable bonds is 2. The molecule has 0 radical (unpaired) electrons. The third kappa shape index (κ3) is 2.68. The van der Waals surface area contributed by atoms with Gasteiger partial charge < -0.3 is 0 Å². The van der Waals surface area contributed by atoms with Crippen LogP contribution in [0.3, 0.4) is 0 Å². The molecule has 0 atom stereocenters. The molecule has 0 aliphatic carbocycles. The maximum Gasteiger partial charge on any atom is 0.194 e. The lowest BCUT2D eigenvalue weighted by molar-refractivity contribution is 0.103. The summed E-state index contributed by atoms with van der Waals surface area (Å²) in [4.78, 5) is 12.9. The van der Waals surface area contributed by atoms with Gasteiger partial charge in [0.15, 0.2) is 5.78 Å². The molecule has 21 heavy (non-hydrogen) atoms. The predicted octanol–water partition coefficient (Wildman–Crippen LogP) is 5.90. The first-order valence-corrected chi connectivity index (χ1v) is 8.14. The molecule has 0 heterocycles. The van der Waals surface area contributed by atoms with Crippen LogP contribution in [0.15, 0.2) is 63.5 Å². The summed E-state index contributed by atoms with van der Waals surface area (Å²) >= 11 is 6.88. The van der Waals surface area contributed by atoms with Crippen LogP contribution in [-0.4, -0.2) is 5.78 Å². The Morgan fingerprint density at radius 3 is 2.24 bits per heavy atom. The van der Waals surface area contributed by atoms with E-state index in [4.69, 9.17) is 0 Å². The highest BCUT2D eigenvalue weighted by atomic mass is 79.9. The number of benzene rings is 3. The van der Waals surface area contributed by atoms with Crippen molar-refractivity contribution in [2.45, 2.75) is 6.92 Å². The summed E-state index contributed by atoms with van der Waals surface area (Å²) in [5, 5.41) is 2.12. The molecule has 0 unspecified atom stereocenters. The molecule has 3 heteroatoms. The van der Waals surface area contributed by atoms with Crippen LogP contribution in [-0.2, 0) is 0 Å². The van der Waals surface area contributed by atoms with Crippen LogP contribution in [0.2, 0.25) is 0 Å². The van der Waals surface area contributed by atoms with Crippen LogP contribution in [0.1, 0.15) is 21.5 Å². The fourth-order valence-electron chi connectivity index (χ4n) is 2.47. The SMILES string of the molecule is Cc1ccc(C(=O)c2ccc(Br)cc2Br)c2ccccc12. The van der Waals surface area contributed by atoms with Crippen LogP contribution in [0.5, 0.6) is 0 Å². The Kier molecular flexibility index (Phi) is 3.96. The molecule has 0 saturated heterocycles. The van der Waals surface area contributed by atoms with Gasteiger partial charge in [-0.3, -0.25) is 4.79 Å². The molecule has 104 valence electrons. The van der Waals surface area contributed by atoms with Gasteiger partial charge in [0, 0.05) is 20.1 Å². The molecule has 3 rings (SSSR count). The number of carbonyl (C=O) groups is 1. The topological polar surface area (TPSA) is 17.1 Å². The van der Waals surface area contributed by atoms with Gasteiger partial charge in [0.1, 0.15) is 0 Å². The number of fused-ring (bicyclic) bond motifs is 1. The molecular formula is C18H12Br2O. The van der Waals surface area contributed by atoms with Gasteiger partial charge in [0.2, 0.25) is 0 Å². The van der Waals surface area contributed by atoms with Crippen LogP contribution in [0.4, 0.5) is 0 Å². The van der Waals surface area contributed by atoms with E-state index in [-0.39, 0.29) is 5.78 Å². The molecular weight excluding hydrogens is 392 g/mol. The monoisotopic (exact) mass is 402 g/mol. The van der Waals surface area contributed by atoms with Crippen molar-refractivity contribution in [2.75, 3.05) is 0 Å². The number of hydrogen-bond donors (Lipinski definition) is 0. The van der Waals surface area contributed by atoms with E-state index in [1.54, 1.807) is 0 Å². The summed E-state index contributed by atoms with van der Waals surface area (Å²) in [7, 11) is 0. The second kappa shape index (κ2) is 5.74. The average molecular weight is 404 g/mol. The molecule has 0 spiro atoms. The Labute approximate surface area is 140 Å². The van der Waals surface area contributed by atoms with Gasteiger partial charge in [-0.15, -0.1) is 0 Å². The van der Waals surface area contributed by atoms with Crippen LogP contribution < -0.4 is 0 Å². The molecule has 0 fully saturated rings. The molecule has 0 saturated carbocycles. The molecule has 0 aliphatic heterocycles. The zero-order chi connectivity index (χ0) is 15.0. The number of aryl methyl sites for hydroxylation is 1. The Morgan fingerprint density at radius 2 is 1.52 bits per heavy atom. The fraction of sp³-hybridized carbons (Fsp3) is 0.0556. The molecule has 1 nitrogen and oxygen atoms in total.